The van der Waals surface area contributed by atoms with Crippen molar-refractivity contribution < 1.29 is 0 Å². The highest BCUT2D eigenvalue weighted by Crippen LogP contribution is 2.41. The number of aromatic nitrogens is 6. The molecule has 14 aromatic rings. The second-order valence-corrected chi connectivity index (χ2v) is 17.8. The van der Waals surface area contributed by atoms with Gasteiger partial charge in [0.1, 0.15) is 0 Å². The number of benzene rings is 10. The third-order valence-corrected chi connectivity index (χ3v) is 13.8. The van der Waals surface area contributed by atoms with Crippen molar-refractivity contribution in [2.24, 2.45) is 0 Å². The summed E-state index contributed by atoms with van der Waals surface area (Å²) < 4.78 is 4.71. The van der Waals surface area contributed by atoms with Crippen molar-refractivity contribution in [3.8, 4) is 67.9 Å². The van der Waals surface area contributed by atoms with Gasteiger partial charge in [0, 0.05) is 65.9 Å². The molecule has 0 aliphatic rings. The summed E-state index contributed by atoms with van der Waals surface area (Å²) in [7, 11) is 0. The zero-order valence-corrected chi connectivity index (χ0v) is 37.8. The van der Waals surface area contributed by atoms with Crippen LogP contribution in [0, 0.1) is 0 Å². The first-order valence-electron chi connectivity index (χ1n) is 23.6. The minimum Gasteiger partial charge on any atom is -0.309 e. The molecule has 326 valence electrons. The first-order chi connectivity index (χ1) is 34.7. The summed E-state index contributed by atoms with van der Waals surface area (Å²) in [6, 6.07) is 85.7. The van der Waals surface area contributed by atoms with Crippen LogP contribution in [0.4, 0.5) is 0 Å². The first-order valence-corrected chi connectivity index (χ1v) is 23.6. The van der Waals surface area contributed by atoms with E-state index < -0.39 is 0 Å². The molecule has 4 heterocycles. The van der Waals surface area contributed by atoms with Gasteiger partial charge < -0.3 is 9.13 Å². The van der Waals surface area contributed by atoms with Crippen LogP contribution in [0.15, 0.2) is 243 Å². The van der Waals surface area contributed by atoms with Crippen LogP contribution in [0.25, 0.3) is 133 Å². The summed E-state index contributed by atoms with van der Waals surface area (Å²) in [4.78, 5) is 20.6. The summed E-state index contributed by atoms with van der Waals surface area (Å²) >= 11 is 0. The molecule has 0 bridgehead atoms. The fourth-order valence-corrected chi connectivity index (χ4v) is 10.4. The Morgan fingerprint density at radius 2 is 0.657 bits per heavy atom. The van der Waals surface area contributed by atoms with Gasteiger partial charge >= 0.3 is 0 Å². The molecule has 0 fully saturated rings. The number of hydrogen-bond donors (Lipinski definition) is 0. The van der Waals surface area contributed by atoms with Gasteiger partial charge in [0.15, 0.2) is 17.5 Å². The third-order valence-electron chi connectivity index (χ3n) is 13.8. The van der Waals surface area contributed by atoms with Gasteiger partial charge in [0.2, 0.25) is 0 Å². The van der Waals surface area contributed by atoms with E-state index >= 15 is 0 Å². The molecule has 10 aromatic carbocycles. The van der Waals surface area contributed by atoms with Gasteiger partial charge in [-0.05, 0) is 95.4 Å². The van der Waals surface area contributed by atoms with Gasteiger partial charge in [-0.1, -0.05) is 164 Å². The molecule has 0 N–H and O–H groups in total. The average molecular weight is 893 g/mol. The summed E-state index contributed by atoms with van der Waals surface area (Å²) in [6.45, 7) is 0. The predicted molar refractivity (Wildman–Crippen MR) is 288 cm³/mol. The van der Waals surface area contributed by atoms with Crippen LogP contribution in [-0.2, 0) is 0 Å². The van der Waals surface area contributed by atoms with E-state index in [0.29, 0.717) is 17.5 Å². The van der Waals surface area contributed by atoms with Crippen LogP contribution in [0.2, 0.25) is 0 Å². The molecule has 0 aliphatic carbocycles. The number of pyridine rings is 1. The van der Waals surface area contributed by atoms with Gasteiger partial charge in [-0.2, -0.15) is 0 Å². The van der Waals surface area contributed by atoms with E-state index in [4.69, 9.17) is 19.9 Å². The molecule has 0 radical (unpaired) electrons. The van der Waals surface area contributed by atoms with E-state index in [-0.39, 0.29) is 0 Å². The Labute approximate surface area is 403 Å². The van der Waals surface area contributed by atoms with Crippen molar-refractivity contribution in [2.75, 3.05) is 0 Å². The lowest BCUT2D eigenvalue weighted by Crippen LogP contribution is -2.00. The van der Waals surface area contributed by atoms with Gasteiger partial charge in [-0.25, -0.2) is 19.9 Å². The van der Waals surface area contributed by atoms with Crippen molar-refractivity contribution in [1.82, 2.24) is 29.1 Å². The van der Waals surface area contributed by atoms with Crippen molar-refractivity contribution >= 4 is 65.3 Å². The minimum atomic E-state index is 0.613. The second kappa shape index (κ2) is 16.1. The average Bonchev–Trinajstić information content (AvgIpc) is 3.95. The zero-order chi connectivity index (χ0) is 46.1. The van der Waals surface area contributed by atoms with Gasteiger partial charge in [-0.3, -0.25) is 0 Å². The quantitative estimate of drug-likeness (QED) is 0.150. The molecule has 4 aromatic heterocycles. The highest BCUT2D eigenvalue weighted by atomic mass is 15.0. The van der Waals surface area contributed by atoms with Gasteiger partial charge in [0.05, 0.1) is 33.3 Å². The lowest BCUT2D eigenvalue weighted by molar-refractivity contribution is 1.07. The van der Waals surface area contributed by atoms with Crippen molar-refractivity contribution in [3.05, 3.63) is 243 Å². The van der Waals surface area contributed by atoms with Gasteiger partial charge in [-0.15, -0.1) is 0 Å². The molecule has 0 atom stereocenters. The van der Waals surface area contributed by atoms with E-state index in [1.54, 1.807) is 0 Å². The molecule has 6 nitrogen and oxygen atoms in total. The van der Waals surface area contributed by atoms with Crippen LogP contribution in [0.1, 0.15) is 0 Å². The zero-order valence-electron chi connectivity index (χ0n) is 37.8. The van der Waals surface area contributed by atoms with Crippen LogP contribution in [0.5, 0.6) is 0 Å². The normalized spacial score (nSPS) is 11.7. The van der Waals surface area contributed by atoms with Crippen molar-refractivity contribution in [2.45, 2.75) is 0 Å². The number of rotatable bonds is 7. The topological polar surface area (TPSA) is 61.4 Å². The Morgan fingerprint density at radius 3 is 1.24 bits per heavy atom. The van der Waals surface area contributed by atoms with Crippen LogP contribution < -0.4 is 0 Å². The van der Waals surface area contributed by atoms with E-state index in [1.807, 2.05) is 30.3 Å². The maximum Gasteiger partial charge on any atom is 0.164 e. The summed E-state index contributed by atoms with van der Waals surface area (Å²) in [5.41, 5.74) is 14.8. The minimum absolute atomic E-state index is 0.613. The highest BCUT2D eigenvalue weighted by Gasteiger charge is 2.19. The summed E-state index contributed by atoms with van der Waals surface area (Å²) in [5, 5.41) is 8.26. The summed E-state index contributed by atoms with van der Waals surface area (Å²) in [5.74, 6) is 1.85. The van der Waals surface area contributed by atoms with E-state index in [9.17, 15) is 0 Å². The smallest absolute Gasteiger partial charge is 0.164 e. The molecule has 0 spiro atoms. The van der Waals surface area contributed by atoms with E-state index in [2.05, 4.69) is 221 Å². The second-order valence-electron chi connectivity index (χ2n) is 17.8. The molecular weight excluding hydrogens is 853 g/mol. The van der Waals surface area contributed by atoms with E-state index in [0.717, 1.165) is 77.6 Å². The molecule has 0 saturated heterocycles. The Kier molecular flexibility index (Phi) is 9.10. The molecular formula is C64H40N6. The monoisotopic (exact) mass is 892 g/mol. The fourth-order valence-electron chi connectivity index (χ4n) is 10.4. The lowest BCUT2D eigenvalue weighted by atomic mass is 9.95. The summed E-state index contributed by atoms with van der Waals surface area (Å²) in [6.07, 6.45) is 0. The largest absolute Gasteiger partial charge is 0.309 e. The van der Waals surface area contributed by atoms with Crippen LogP contribution in [0.3, 0.4) is 0 Å². The SMILES string of the molecule is c1ccc(-c2nc(-c3ccc(-c4ccc5nc(-c6ccccc6)c6cc7c8ccccc8n(-c8ccccc8)c7cc6c5c4)cc3)nc(-c3ccc(-n4c5ccccc5c5ccccc54)cc3)n2)cc1. The Bertz CT molecular complexity index is 4260. The number of nitrogens with zero attached hydrogens (tertiary/aromatic N) is 6. The molecule has 0 unspecified atom stereocenters. The third kappa shape index (κ3) is 6.49. The number of fused-ring (bicyclic) bond motifs is 9. The van der Waals surface area contributed by atoms with Crippen molar-refractivity contribution in [3.63, 3.8) is 0 Å². The molecule has 6 heteroatoms. The fraction of sp³-hybridized carbons (Fsp3) is 0. The molecule has 0 amide bonds. The van der Waals surface area contributed by atoms with Gasteiger partial charge in [0.25, 0.3) is 0 Å². The van der Waals surface area contributed by atoms with Crippen LogP contribution in [-0.4, -0.2) is 29.1 Å². The maximum atomic E-state index is 5.39. The first kappa shape index (κ1) is 39.6. The van der Waals surface area contributed by atoms with Crippen molar-refractivity contribution in [1.29, 1.82) is 0 Å². The Hall–Kier alpha value is -9.52. The van der Waals surface area contributed by atoms with Crippen LogP contribution >= 0.6 is 0 Å². The molecule has 70 heavy (non-hydrogen) atoms. The lowest BCUT2D eigenvalue weighted by Gasteiger charge is -2.14. The molecule has 14 rings (SSSR count). The maximum absolute atomic E-state index is 5.39. The number of hydrogen-bond acceptors (Lipinski definition) is 4. The van der Waals surface area contributed by atoms with E-state index in [1.165, 1.54) is 38.1 Å². The Balaban J connectivity index is 0.877. The Morgan fingerprint density at radius 1 is 0.229 bits per heavy atom. The molecule has 0 aliphatic heterocycles. The predicted octanol–water partition coefficient (Wildman–Crippen LogP) is 16.1. The highest BCUT2D eigenvalue weighted by molar-refractivity contribution is 6.20. The standard InChI is InChI=1S/C64H40N6/c1-4-16-42(17-5-1)61-55-39-54-51-24-12-15-27-59(51)70(47-20-8-3-9-21-47)60(54)40-52(55)53-38-46(34-37-56(53)65-61)41-28-30-44(31-29-41)63-66-62(43-18-6-2-7-19-43)67-64(68-63)45-32-35-48(36-33-45)69-57-25-13-10-22-49(57)50-23-11-14-26-58(50)69/h1-40H. The number of para-hydroxylation sites is 4. The molecule has 0 saturated carbocycles.